The minimum atomic E-state index is -0.210. The van der Waals surface area contributed by atoms with Crippen molar-refractivity contribution in [2.45, 2.75) is 6.92 Å². The van der Waals surface area contributed by atoms with Crippen LogP contribution in [-0.2, 0) is 0 Å². The number of thiophene rings is 1. The van der Waals surface area contributed by atoms with Crippen LogP contribution in [0.1, 0.15) is 16.1 Å². The highest BCUT2D eigenvalue weighted by atomic mass is 32.1. The molecule has 0 aliphatic carbocycles. The van der Waals surface area contributed by atoms with E-state index in [4.69, 9.17) is 0 Å². The summed E-state index contributed by atoms with van der Waals surface area (Å²) in [7, 11) is 0. The Hall–Kier alpha value is -3.71. The fourth-order valence-electron chi connectivity index (χ4n) is 3.65. The molecule has 0 unspecified atom stereocenters. The highest BCUT2D eigenvalue weighted by Crippen LogP contribution is 2.35. The number of aryl methyl sites for hydroxylation is 1. The summed E-state index contributed by atoms with van der Waals surface area (Å²) in [6.07, 6.45) is 7.29. The molecule has 0 aliphatic heterocycles. The predicted octanol–water partition coefficient (Wildman–Crippen LogP) is 6.07. The molecule has 0 fully saturated rings. The van der Waals surface area contributed by atoms with Crippen LogP contribution in [0.4, 0.5) is 4.39 Å². The minimum absolute atomic E-state index is 0.210. The maximum atomic E-state index is 13.6. The molecule has 0 spiro atoms. The first kappa shape index (κ1) is 18.3. The predicted molar refractivity (Wildman–Crippen MR) is 120 cm³/mol. The van der Waals surface area contributed by atoms with E-state index in [1.807, 2.05) is 31.3 Å². The smallest absolute Gasteiger partial charge is 0.176 e. The highest BCUT2D eigenvalue weighted by molar-refractivity contribution is 7.11. The Morgan fingerprint density at radius 3 is 2.80 bits per heavy atom. The largest absolute Gasteiger partial charge is 0.357 e. The van der Waals surface area contributed by atoms with Crippen molar-refractivity contribution in [3.05, 3.63) is 88.8 Å². The Kier molecular flexibility index (Phi) is 4.44. The molecule has 30 heavy (non-hydrogen) atoms. The van der Waals surface area contributed by atoms with Crippen molar-refractivity contribution < 1.29 is 4.39 Å². The topological polar surface area (TPSA) is 73.2 Å². The monoisotopic (exact) mass is 415 g/mol. The summed E-state index contributed by atoms with van der Waals surface area (Å²) < 4.78 is 13.6. The third-order valence-electron chi connectivity index (χ3n) is 5.08. The number of nitrogens with zero attached hydrogens (tertiary/aromatic N) is 2. The fraction of sp³-hybridized carbons (Fsp3) is 0.0435. The van der Waals surface area contributed by atoms with Crippen molar-refractivity contribution in [3.8, 4) is 22.5 Å². The maximum absolute atomic E-state index is 13.6. The first-order valence-corrected chi connectivity index (χ1v) is 10.2. The zero-order valence-electron chi connectivity index (χ0n) is 16.2. The van der Waals surface area contributed by atoms with E-state index >= 15 is 0 Å². The summed E-state index contributed by atoms with van der Waals surface area (Å²) in [5, 5.41) is 15.3. The second-order valence-electron chi connectivity index (χ2n) is 6.96. The molecule has 7 heteroatoms. The normalized spacial score (nSPS) is 12.0. The Labute approximate surface area is 176 Å². The summed E-state index contributed by atoms with van der Waals surface area (Å²) in [6.45, 7) is 5.82. The Morgan fingerprint density at radius 2 is 2.07 bits per heavy atom. The number of aromatic nitrogens is 5. The van der Waals surface area contributed by atoms with E-state index in [-0.39, 0.29) is 5.13 Å². The zero-order valence-corrected chi connectivity index (χ0v) is 17.0. The van der Waals surface area contributed by atoms with Gasteiger partial charge in [0.25, 0.3) is 0 Å². The molecular weight excluding hydrogens is 397 g/mol. The van der Waals surface area contributed by atoms with Crippen LogP contribution in [-0.4, -0.2) is 25.4 Å². The van der Waals surface area contributed by atoms with Gasteiger partial charge in [0.15, 0.2) is 5.13 Å². The molecule has 5 nitrogen and oxygen atoms in total. The first-order chi connectivity index (χ1) is 14.6. The van der Waals surface area contributed by atoms with Gasteiger partial charge in [0.1, 0.15) is 5.69 Å². The summed E-state index contributed by atoms with van der Waals surface area (Å²) in [5.74, 6) is 0. The van der Waals surface area contributed by atoms with E-state index in [1.54, 1.807) is 18.3 Å². The van der Waals surface area contributed by atoms with Crippen molar-refractivity contribution in [1.29, 1.82) is 0 Å². The molecule has 0 amide bonds. The van der Waals surface area contributed by atoms with Gasteiger partial charge in [-0.05, 0) is 42.8 Å². The number of nitrogens with one attached hydrogen (secondary N) is 3. The number of fused-ring (bicyclic) bond motifs is 1. The molecule has 5 rings (SSSR count). The number of allylic oxidation sites excluding steroid dienone is 2. The lowest BCUT2D eigenvalue weighted by Gasteiger charge is -2.03. The first-order valence-electron chi connectivity index (χ1n) is 9.40. The van der Waals surface area contributed by atoms with E-state index in [0.29, 0.717) is 0 Å². The van der Waals surface area contributed by atoms with Gasteiger partial charge >= 0.3 is 0 Å². The number of hydrogen-bond donors (Lipinski definition) is 3. The van der Waals surface area contributed by atoms with Crippen LogP contribution < -0.4 is 0 Å². The molecule has 4 heterocycles. The SMILES string of the molecule is C=C/C=C(/c1ccc(F)s1)c1cc(-c2n[nH]c3ccc(-c4cn[nH]c4)cc23)[nH]c1C. The van der Waals surface area contributed by atoms with Gasteiger partial charge in [-0.3, -0.25) is 10.2 Å². The summed E-state index contributed by atoms with van der Waals surface area (Å²) in [5.41, 5.74) is 7.66. The summed E-state index contributed by atoms with van der Waals surface area (Å²) in [4.78, 5) is 4.30. The summed E-state index contributed by atoms with van der Waals surface area (Å²) >= 11 is 1.12. The maximum Gasteiger partial charge on any atom is 0.176 e. The van der Waals surface area contributed by atoms with Gasteiger partial charge in [0.05, 0.1) is 17.4 Å². The lowest BCUT2D eigenvalue weighted by molar-refractivity contribution is 0.657. The molecule has 0 radical (unpaired) electrons. The molecule has 4 aromatic heterocycles. The van der Waals surface area contributed by atoms with E-state index in [1.165, 1.54) is 6.07 Å². The molecule has 0 bridgehead atoms. The molecule has 5 aromatic rings. The van der Waals surface area contributed by atoms with Crippen molar-refractivity contribution >= 4 is 27.8 Å². The third-order valence-corrected chi connectivity index (χ3v) is 5.98. The fourth-order valence-corrected chi connectivity index (χ4v) is 4.42. The highest BCUT2D eigenvalue weighted by Gasteiger charge is 2.17. The van der Waals surface area contributed by atoms with E-state index in [9.17, 15) is 4.39 Å². The van der Waals surface area contributed by atoms with Gasteiger partial charge in [-0.1, -0.05) is 24.8 Å². The van der Waals surface area contributed by atoms with Crippen molar-refractivity contribution in [2.75, 3.05) is 0 Å². The van der Waals surface area contributed by atoms with Gasteiger partial charge in [0, 0.05) is 38.9 Å². The van der Waals surface area contributed by atoms with E-state index < -0.39 is 0 Å². The number of H-pyrrole nitrogens is 3. The molecule has 0 saturated heterocycles. The van der Waals surface area contributed by atoms with Crippen LogP contribution in [0.3, 0.4) is 0 Å². The average molecular weight is 415 g/mol. The number of hydrogen-bond acceptors (Lipinski definition) is 3. The van der Waals surface area contributed by atoms with Gasteiger partial charge < -0.3 is 4.98 Å². The van der Waals surface area contributed by atoms with Crippen LogP contribution in [0.2, 0.25) is 0 Å². The molecule has 1 aromatic carbocycles. The zero-order chi connectivity index (χ0) is 20.7. The second-order valence-corrected chi connectivity index (χ2v) is 8.00. The molecule has 3 N–H and O–H groups in total. The molecule has 0 atom stereocenters. The van der Waals surface area contributed by atoms with Crippen LogP contribution >= 0.6 is 11.3 Å². The molecule has 148 valence electrons. The Balaban J connectivity index is 1.62. The number of halogens is 1. The Morgan fingerprint density at radius 1 is 1.17 bits per heavy atom. The van der Waals surface area contributed by atoms with E-state index in [2.05, 4.69) is 44.1 Å². The summed E-state index contributed by atoms with van der Waals surface area (Å²) in [6, 6.07) is 11.5. The van der Waals surface area contributed by atoms with Crippen LogP contribution in [0, 0.1) is 12.1 Å². The van der Waals surface area contributed by atoms with Crippen molar-refractivity contribution in [1.82, 2.24) is 25.4 Å². The average Bonchev–Trinajstić information content (AvgIpc) is 3.52. The quantitative estimate of drug-likeness (QED) is 0.305. The van der Waals surface area contributed by atoms with Crippen molar-refractivity contribution in [3.63, 3.8) is 0 Å². The van der Waals surface area contributed by atoms with Gasteiger partial charge in [-0.2, -0.15) is 14.6 Å². The second kappa shape index (κ2) is 7.27. The molecule has 0 saturated carbocycles. The number of aromatic amines is 3. The van der Waals surface area contributed by atoms with E-state index in [0.717, 1.165) is 66.5 Å². The van der Waals surface area contributed by atoms with Gasteiger partial charge in [-0.15, -0.1) is 11.3 Å². The lowest BCUT2D eigenvalue weighted by atomic mass is 10.0. The van der Waals surface area contributed by atoms with Gasteiger partial charge in [-0.25, -0.2) is 0 Å². The lowest BCUT2D eigenvalue weighted by Crippen LogP contribution is -1.85. The minimum Gasteiger partial charge on any atom is -0.357 e. The third kappa shape index (κ3) is 3.09. The van der Waals surface area contributed by atoms with Crippen LogP contribution in [0.15, 0.2) is 67.5 Å². The van der Waals surface area contributed by atoms with Crippen LogP contribution in [0.5, 0.6) is 0 Å². The molecular formula is C23H18FN5S. The number of rotatable bonds is 5. The van der Waals surface area contributed by atoms with Crippen molar-refractivity contribution in [2.24, 2.45) is 0 Å². The van der Waals surface area contributed by atoms with Gasteiger partial charge in [0.2, 0.25) is 0 Å². The molecule has 0 aliphatic rings. The number of benzene rings is 1. The Bertz CT molecular complexity index is 1380. The standard InChI is InChI=1S/C23H18FN5S/c1-3-4-16(21-7-8-22(24)30-21)17-10-20(27-13(17)2)23-18-9-14(15-11-25-26-12-15)5-6-19(18)28-29-23/h3-12,27H,1H2,2H3,(H,25,26)(H,28,29)/b16-4+. The van der Waals surface area contributed by atoms with Crippen LogP contribution in [0.25, 0.3) is 39.0 Å².